The Morgan fingerprint density at radius 2 is 2.00 bits per heavy atom. The third-order valence-electron chi connectivity index (χ3n) is 2.56. The van der Waals surface area contributed by atoms with E-state index in [1.165, 1.54) is 12.3 Å². The largest absolute Gasteiger partial charge is 0.271 e. The van der Waals surface area contributed by atoms with E-state index >= 15 is 0 Å². The lowest BCUT2D eigenvalue weighted by atomic mass is 10.1. The molecule has 0 aliphatic heterocycles. The van der Waals surface area contributed by atoms with Crippen LogP contribution >= 0.6 is 0 Å². The van der Waals surface area contributed by atoms with Crippen LogP contribution in [-0.2, 0) is 0 Å². The summed E-state index contributed by atoms with van der Waals surface area (Å²) >= 11 is 0. The third-order valence-corrected chi connectivity index (χ3v) is 2.56. The lowest BCUT2D eigenvalue weighted by molar-refractivity contribution is 0.0955. The molecule has 0 saturated heterocycles. The molecule has 1 N–H and O–H groups in total. The first-order chi connectivity index (χ1) is 9.16. The van der Waals surface area contributed by atoms with Crippen molar-refractivity contribution in [1.29, 1.82) is 0 Å². The first kappa shape index (κ1) is 13.0. The van der Waals surface area contributed by atoms with Gasteiger partial charge in [0.1, 0.15) is 5.82 Å². The Morgan fingerprint density at radius 3 is 2.74 bits per heavy atom. The second kappa shape index (κ2) is 5.91. The molecule has 19 heavy (non-hydrogen) atoms. The molecular formula is C15H13FN2O. The fourth-order valence-electron chi connectivity index (χ4n) is 1.59. The van der Waals surface area contributed by atoms with Gasteiger partial charge in [-0.2, -0.15) is 5.10 Å². The van der Waals surface area contributed by atoms with Crippen molar-refractivity contribution in [1.82, 2.24) is 5.43 Å². The van der Waals surface area contributed by atoms with Gasteiger partial charge < -0.3 is 0 Å². The number of hydrogen-bond acceptors (Lipinski definition) is 2. The van der Waals surface area contributed by atoms with E-state index in [1.54, 1.807) is 36.4 Å². The van der Waals surface area contributed by atoms with Gasteiger partial charge in [-0.15, -0.1) is 0 Å². The number of halogens is 1. The predicted molar refractivity (Wildman–Crippen MR) is 72.6 cm³/mol. The van der Waals surface area contributed by atoms with Crippen molar-refractivity contribution in [2.45, 2.75) is 6.92 Å². The van der Waals surface area contributed by atoms with Crippen LogP contribution in [0.1, 0.15) is 21.5 Å². The number of nitrogens with zero attached hydrogens (tertiary/aromatic N) is 1. The molecule has 2 aromatic carbocycles. The number of benzene rings is 2. The maximum Gasteiger partial charge on any atom is 0.271 e. The number of carbonyl (C=O) groups excluding carboxylic acids is 1. The minimum Gasteiger partial charge on any atom is -0.267 e. The standard InChI is InChI=1S/C15H13FN2O/c1-11-5-4-7-12(9-11)15(19)18-17-10-13-6-2-3-8-14(13)16/h2-10H,1H3,(H,18,19)/b17-10-. The van der Waals surface area contributed by atoms with E-state index in [1.807, 2.05) is 13.0 Å². The Balaban J connectivity index is 2.03. The minimum atomic E-state index is -0.379. The van der Waals surface area contributed by atoms with Gasteiger partial charge in [0.2, 0.25) is 0 Å². The van der Waals surface area contributed by atoms with E-state index in [0.29, 0.717) is 11.1 Å². The Bertz CT molecular complexity index is 623. The molecule has 2 aromatic rings. The summed E-state index contributed by atoms with van der Waals surface area (Å²) in [7, 11) is 0. The zero-order valence-electron chi connectivity index (χ0n) is 10.4. The average Bonchev–Trinajstić information content (AvgIpc) is 2.41. The van der Waals surface area contributed by atoms with Gasteiger partial charge in [0.15, 0.2) is 0 Å². The van der Waals surface area contributed by atoms with Crippen molar-refractivity contribution in [3.63, 3.8) is 0 Å². The highest BCUT2D eigenvalue weighted by Gasteiger charge is 2.03. The van der Waals surface area contributed by atoms with E-state index < -0.39 is 0 Å². The molecule has 0 spiro atoms. The van der Waals surface area contributed by atoms with E-state index in [9.17, 15) is 9.18 Å². The molecule has 0 radical (unpaired) electrons. The van der Waals surface area contributed by atoms with Gasteiger partial charge >= 0.3 is 0 Å². The molecule has 0 aliphatic rings. The van der Waals surface area contributed by atoms with Crippen LogP contribution in [0.15, 0.2) is 53.6 Å². The molecule has 0 aliphatic carbocycles. The maximum atomic E-state index is 13.3. The second-order valence-electron chi connectivity index (χ2n) is 4.09. The highest BCUT2D eigenvalue weighted by Crippen LogP contribution is 2.04. The molecule has 3 nitrogen and oxygen atoms in total. The highest BCUT2D eigenvalue weighted by atomic mass is 19.1. The van der Waals surface area contributed by atoms with Gasteiger partial charge in [-0.1, -0.05) is 35.9 Å². The fraction of sp³-hybridized carbons (Fsp3) is 0.0667. The zero-order chi connectivity index (χ0) is 13.7. The molecule has 0 fully saturated rings. The van der Waals surface area contributed by atoms with Crippen molar-refractivity contribution in [3.05, 3.63) is 71.0 Å². The quantitative estimate of drug-likeness (QED) is 0.665. The Labute approximate surface area is 110 Å². The average molecular weight is 256 g/mol. The number of hydrazone groups is 1. The molecule has 4 heteroatoms. The SMILES string of the molecule is Cc1cccc(C(=O)N/N=C\c2ccccc2F)c1. The number of aryl methyl sites for hydroxylation is 1. The van der Waals surface area contributed by atoms with Crippen LogP contribution < -0.4 is 5.43 Å². The van der Waals surface area contributed by atoms with Crippen molar-refractivity contribution < 1.29 is 9.18 Å². The molecule has 0 saturated carbocycles. The summed E-state index contributed by atoms with van der Waals surface area (Å²) in [4.78, 5) is 11.8. The summed E-state index contributed by atoms with van der Waals surface area (Å²) < 4.78 is 13.3. The topological polar surface area (TPSA) is 41.5 Å². The van der Waals surface area contributed by atoms with Crippen molar-refractivity contribution >= 4 is 12.1 Å². The number of nitrogens with one attached hydrogen (secondary N) is 1. The van der Waals surface area contributed by atoms with Crippen LogP contribution in [0.3, 0.4) is 0 Å². The summed E-state index contributed by atoms with van der Waals surface area (Å²) in [6, 6.07) is 13.4. The lowest BCUT2D eigenvalue weighted by Gasteiger charge is -2.01. The third kappa shape index (κ3) is 3.48. The van der Waals surface area contributed by atoms with Crippen molar-refractivity contribution in [3.8, 4) is 0 Å². The normalized spacial score (nSPS) is 10.6. The van der Waals surface area contributed by atoms with Gasteiger partial charge in [0, 0.05) is 11.1 Å². The van der Waals surface area contributed by atoms with Crippen LogP contribution in [0.5, 0.6) is 0 Å². The monoisotopic (exact) mass is 256 g/mol. The summed E-state index contributed by atoms with van der Waals surface area (Å²) in [5.41, 5.74) is 4.20. The van der Waals surface area contributed by atoms with Gasteiger partial charge in [-0.3, -0.25) is 4.79 Å². The van der Waals surface area contributed by atoms with Crippen LogP contribution in [-0.4, -0.2) is 12.1 Å². The first-order valence-corrected chi connectivity index (χ1v) is 5.81. The van der Waals surface area contributed by atoms with E-state index in [4.69, 9.17) is 0 Å². The van der Waals surface area contributed by atoms with Crippen molar-refractivity contribution in [2.75, 3.05) is 0 Å². The summed E-state index contributed by atoms with van der Waals surface area (Å²) in [5.74, 6) is -0.702. The molecule has 0 heterocycles. The van der Waals surface area contributed by atoms with E-state index in [0.717, 1.165) is 5.56 Å². The highest BCUT2D eigenvalue weighted by molar-refractivity contribution is 5.95. The number of hydrogen-bond donors (Lipinski definition) is 1. The summed E-state index contributed by atoms with van der Waals surface area (Å²) in [6.45, 7) is 1.90. The predicted octanol–water partition coefficient (Wildman–Crippen LogP) is 2.90. The van der Waals surface area contributed by atoms with E-state index in [2.05, 4.69) is 10.5 Å². The van der Waals surface area contributed by atoms with Gasteiger partial charge in [0.25, 0.3) is 5.91 Å². The summed E-state index contributed by atoms with van der Waals surface area (Å²) in [6.07, 6.45) is 1.28. The number of carbonyl (C=O) groups is 1. The first-order valence-electron chi connectivity index (χ1n) is 5.81. The Kier molecular flexibility index (Phi) is 4.03. The lowest BCUT2D eigenvalue weighted by Crippen LogP contribution is -2.17. The van der Waals surface area contributed by atoms with Gasteiger partial charge in [-0.05, 0) is 25.1 Å². The minimum absolute atomic E-state index is 0.323. The molecule has 0 unspecified atom stereocenters. The molecular weight excluding hydrogens is 243 g/mol. The zero-order valence-corrected chi connectivity index (χ0v) is 10.4. The number of rotatable bonds is 3. The number of amides is 1. The van der Waals surface area contributed by atoms with Crippen LogP contribution in [0.2, 0.25) is 0 Å². The van der Waals surface area contributed by atoms with Gasteiger partial charge in [0.05, 0.1) is 6.21 Å². The maximum absolute atomic E-state index is 13.3. The fourth-order valence-corrected chi connectivity index (χ4v) is 1.59. The Morgan fingerprint density at radius 1 is 1.21 bits per heavy atom. The van der Waals surface area contributed by atoms with Crippen molar-refractivity contribution in [2.24, 2.45) is 5.10 Å². The van der Waals surface area contributed by atoms with E-state index in [-0.39, 0.29) is 11.7 Å². The van der Waals surface area contributed by atoms with Crippen LogP contribution in [0.4, 0.5) is 4.39 Å². The van der Waals surface area contributed by atoms with Crippen LogP contribution in [0, 0.1) is 12.7 Å². The molecule has 0 atom stereocenters. The molecule has 0 aromatic heterocycles. The molecule has 0 bridgehead atoms. The van der Waals surface area contributed by atoms with Gasteiger partial charge in [-0.25, -0.2) is 9.82 Å². The second-order valence-corrected chi connectivity index (χ2v) is 4.09. The Hall–Kier alpha value is -2.49. The van der Waals surface area contributed by atoms with Crippen LogP contribution in [0.25, 0.3) is 0 Å². The molecule has 96 valence electrons. The molecule has 1 amide bonds. The molecule has 2 rings (SSSR count). The summed E-state index contributed by atoms with van der Waals surface area (Å²) in [5, 5.41) is 3.74. The smallest absolute Gasteiger partial charge is 0.267 e.